The molecule has 0 radical (unpaired) electrons. The van der Waals surface area contributed by atoms with Gasteiger partial charge in [-0.3, -0.25) is 9.59 Å². The number of nitrogens with zero attached hydrogens (tertiary/aromatic N) is 1. The Balaban J connectivity index is 2.18. The van der Waals surface area contributed by atoms with E-state index in [1.807, 2.05) is 12.1 Å². The number of aryl methyl sites for hydroxylation is 1. The Labute approximate surface area is 112 Å². The highest BCUT2D eigenvalue weighted by molar-refractivity contribution is 5.97. The number of nitrogens with one attached hydrogen (secondary N) is 1. The minimum atomic E-state index is -0.563. The lowest BCUT2D eigenvalue weighted by Crippen LogP contribution is -2.58. The lowest BCUT2D eigenvalue weighted by atomic mass is 10.1. The fourth-order valence-corrected chi connectivity index (χ4v) is 2.25. The van der Waals surface area contributed by atoms with Gasteiger partial charge in [0.2, 0.25) is 5.91 Å². The third kappa shape index (κ3) is 2.93. The van der Waals surface area contributed by atoms with Crippen LogP contribution in [0.4, 0.5) is 0 Å². The van der Waals surface area contributed by atoms with Crippen molar-refractivity contribution in [2.45, 2.75) is 19.4 Å². The zero-order chi connectivity index (χ0) is 13.8. The van der Waals surface area contributed by atoms with Crippen LogP contribution in [0.5, 0.6) is 0 Å². The average Bonchev–Trinajstić information content (AvgIpc) is 2.46. The number of hydrogen-bond acceptors (Lipinski definition) is 3. The predicted molar refractivity (Wildman–Crippen MR) is 72.7 cm³/mol. The topological polar surface area (TPSA) is 75.4 Å². The molecule has 5 heteroatoms. The SMILES string of the molecule is CCc1ccc(C(=O)N2CCNCC2C(N)=O)cc1. The van der Waals surface area contributed by atoms with Crippen molar-refractivity contribution in [3.05, 3.63) is 35.4 Å². The fourth-order valence-electron chi connectivity index (χ4n) is 2.25. The molecule has 1 aliphatic heterocycles. The summed E-state index contributed by atoms with van der Waals surface area (Å²) in [6.45, 7) is 3.68. The van der Waals surface area contributed by atoms with Crippen LogP contribution in [0.2, 0.25) is 0 Å². The maximum absolute atomic E-state index is 12.4. The second kappa shape index (κ2) is 5.84. The van der Waals surface area contributed by atoms with Crippen LogP contribution < -0.4 is 11.1 Å². The molecule has 0 bridgehead atoms. The molecular formula is C14H19N3O2. The van der Waals surface area contributed by atoms with Crippen LogP contribution in [-0.2, 0) is 11.2 Å². The second-order valence-electron chi connectivity index (χ2n) is 4.67. The normalized spacial score (nSPS) is 19.2. The van der Waals surface area contributed by atoms with Crippen LogP contribution in [-0.4, -0.2) is 42.4 Å². The molecule has 1 aromatic rings. The van der Waals surface area contributed by atoms with Crippen molar-refractivity contribution in [2.24, 2.45) is 5.73 Å². The lowest BCUT2D eigenvalue weighted by molar-refractivity contribution is -0.122. The van der Waals surface area contributed by atoms with Crippen molar-refractivity contribution in [3.8, 4) is 0 Å². The number of primary amides is 1. The van der Waals surface area contributed by atoms with Crippen LogP contribution in [0.15, 0.2) is 24.3 Å². The number of amides is 2. The van der Waals surface area contributed by atoms with E-state index in [1.165, 1.54) is 5.56 Å². The molecule has 19 heavy (non-hydrogen) atoms. The smallest absolute Gasteiger partial charge is 0.254 e. The Hall–Kier alpha value is -1.88. The maximum Gasteiger partial charge on any atom is 0.254 e. The number of carbonyl (C=O) groups is 2. The highest BCUT2D eigenvalue weighted by Crippen LogP contribution is 2.12. The van der Waals surface area contributed by atoms with Crippen LogP contribution in [0.3, 0.4) is 0 Å². The summed E-state index contributed by atoms with van der Waals surface area (Å²) in [6.07, 6.45) is 0.937. The first-order valence-electron chi connectivity index (χ1n) is 6.53. The Morgan fingerprint density at radius 1 is 1.37 bits per heavy atom. The number of nitrogens with two attached hydrogens (primary N) is 1. The van der Waals surface area contributed by atoms with E-state index in [4.69, 9.17) is 5.73 Å². The Morgan fingerprint density at radius 2 is 2.05 bits per heavy atom. The van der Waals surface area contributed by atoms with Gasteiger partial charge < -0.3 is 16.0 Å². The van der Waals surface area contributed by atoms with Gasteiger partial charge in [0.05, 0.1) is 0 Å². The summed E-state index contributed by atoms with van der Waals surface area (Å²) in [5, 5.41) is 3.08. The number of piperazine rings is 1. The van der Waals surface area contributed by atoms with E-state index in [0.717, 1.165) is 6.42 Å². The molecule has 1 aromatic carbocycles. The van der Waals surface area contributed by atoms with Crippen molar-refractivity contribution in [3.63, 3.8) is 0 Å². The van der Waals surface area contributed by atoms with Crippen molar-refractivity contribution in [1.82, 2.24) is 10.2 Å². The van der Waals surface area contributed by atoms with Gasteiger partial charge in [0.25, 0.3) is 5.91 Å². The van der Waals surface area contributed by atoms with Gasteiger partial charge in [0.1, 0.15) is 6.04 Å². The predicted octanol–water partition coefficient (Wildman–Crippen LogP) is 0.148. The van der Waals surface area contributed by atoms with Crippen LogP contribution in [0.25, 0.3) is 0 Å². The van der Waals surface area contributed by atoms with E-state index in [0.29, 0.717) is 25.2 Å². The number of benzene rings is 1. The van der Waals surface area contributed by atoms with Gasteiger partial charge in [-0.25, -0.2) is 0 Å². The number of rotatable bonds is 3. The summed E-state index contributed by atoms with van der Waals surface area (Å²) in [7, 11) is 0. The van der Waals surface area contributed by atoms with E-state index in [9.17, 15) is 9.59 Å². The summed E-state index contributed by atoms with van der Waals surface area (Å²) in [4.78, 5) is 25.3. The van der Waals surface area contributed by atoms with Gasteiger partial charge in [-0.2, -0.15) is 0 Å². The van der Waals surface area contributed by atoms with Crippen LogP contribution in [0, 0.1) is 0 Å². The second-order valence-corrected chi connectivity index (χ2v) is 4.67. The molecule has 0 aliphatic carbocycles. The van der Waals surface area contributed by atoms with E-state index in [-0.39, 0.29) is 5.91 Å². The summed E-state index contributed by atoms with van der Waals surface area (Å²) >= 11 is 0. The van der Waals surface area contributed by atoms with Gasteiger partial charge >= 0.3 is 0 Å². The molecule has 102 valence electrons. The van der Waals surface area contributed by atoms with Crippen molar-refractivity contribution < 1.29 is 9.59 Å². The number of hydrogen-bond donors (Lipinski definition) is 2. The molecule has 1 unspecified atom stereocenters. The largest absolute Gasteiger partial charge is 0.368 e. The molecule has 2 amide bonds. The minimum Gasteiger partial charge on any atom is -0.368 e. The van der Waals surface area contributed by atoms with Gasteiger partial charge in [0, 0.05) is 25.2 Å². The zero-order valence-corrected chi connectivity index (χ0v) is 11.1. The quantitative estimate of drug-likeness (QED) is 0.813. The van der Waals surface area contributed by atoms with E-state index in [1.54, 1.807) is 17.0 Å². The molecule has 1 heterocycles. The van der Waals surface area contributed by atoms with Gasteiger partial charge in [-0.1, -0.05) is 19.1 Å². The van der Waals surface area contributed by atoms with E-state index in [2.05, 4.69) is 12.2 Å². The molecule has 5 nitrogen and oxygen atoms in total. The molecule has 0 aromatic heterocycles. The third-order valence-electron chi connectivity index (χ3n) is 3.44. The summed E-state index contributed by atoms with van der Waals surface area (Å²) in [6, 6.07) is 6.93. The molecule has 3 N–H and O–H groups in total. The molecule has 2 rings (SSSR count). The monoisotopic (exact) mass is 261 g/mol. The van der Waals surface area contributed by atoms with Gasteiger partial charge in [-0.05, 0) is 24.1 Å². The standard InChI is InChI=1S/C14H19N3O2/c1-2-10-3-5-11(6-4-10)14(19)17-8-7-16-9-12(17)13(15)18/h3-6,12,16H,2,7-9H2,1H3,(H2,15,18). The lowest BCUT2D eigenvalue weighted by Gasteiger charge is -2.34. The summed E-state index contributed by atoms with van der Waals surface area (Å²) in [5.41, 5.74) is 7.13. The fraction of sp³-hybridized carbons (Fsp3) is 0.429. The van der Waals surface area contributed by atoms with E-state index < -0.39 is 11.9 Å². The average molecular weight is 261 g/mol. The van der Waals surface area contributed by atoms with Crippen molar-refractivity contribution in [2.75, 3.05) is 19.6 Å². The first-order valence-corrected chi connectivity index (χ1v) is 6.53. The molecular weight excluding hydrogens is 242 g/mol. The van der Waals surface area contributed by atoms with E-state index >= 15 is 0 Å². The molecule has 1 saturated heterocycles. The first-order chi connectivity index (χ1) is 9.13. The van der Waals surface area contributed by atoms with Crippen LogP contribution in [0.1, 0.15) is 22.8 Å². The third-order valence-corrected chi connectivity index (χ3v) is 3.44. The zero-order valence-electron chi connectivity index (χ0n) is 11.1. The molecule has 0 spiro atoms. The first kappa shape index (κ1) is 13.5. The highest BCUT2D eigenvalue weighted by Gasteiger charge is 2.30. The molecule has 1 aliphatic rings. The Bertz CT molecular complexity index is 470. The molecule has 1 atom stereocenters. The van der Waals surface area contributed by atoms with Crippen LogP contribution >= 0.6 is 0 Å². The molecule has 0 saturated carbocycles. The van der Waals surface area contributed by atoms with Gasteiger partial charge in [-0.15, -0.1) is 0 Å². The Morgan fingerprint density at radius 3 is 2.63 bits per heavy atom. The highest BCUT2D eigenvalue weighted by atomic mass is 16.2. The molecule has 1 fully saturated rings. The van der Waals surface area contributed by atoms with Crippen molar-refractivity contribution in [1.29, 1.82) is 0 Å². The van der Waals surface area contributed by atoms with Gasteiger partial charge in [0.15, 0.2) is 0 Å². The summed E-state index contributed by atoms with van der Waals surface area (Å²) < 4.78 is 0. The summed E-state index contributed by atoms with van der Waals surface area (Å²) in [5.74, 6) is -0.598. The Kier molecular flexibility index (Phi) is 4.16. The van der Waals surface area contributed by atoms with Crippen molar-refractivity contribution >= 4 is 11.8 Å². The number of carbonyl (C=O) groups excluding carboxylic acids is 2. The minimum absolute atomic E-state index is 0.132. The maximum atomic E-state index is 12.4.